The van der Waals surface area contributed by atoms with Crippen LogP contribution in [0.1, 0.15) is 12.1 Å². The van der Waals surface area contributed by atoms with Gasteiger partial charge in [0.1, 0.15) is 0 Å². The number of sulfonamides is 1. The third-order valence-electron chi connectivity index (χ3n) is 2.03. The second kappa shape index (κ2) is 6.66. The summed E-state index contributed by atoms with van der Waals surface area (Å²) in [5, 5.41) is 10.1. The predicted molar refractivity (Wildman–Crippen MR) is 68.9 cm³/mol. The molecule has 0 amide bonds. The summed E-state index contributed by atoms with van der Waals surface area (Å²) in [4.78, 5) is 15.1. The van der Waals surface area contributed by atoms with Gasteiger partial charge < -0.3 is 10.1 Å². The third kappa shape index (κ3) is 5.94. The number of carbonyl (C=O) groups excluding carboxylic acids is 1. The fraction of sp³-hybridized carbons (Fsp3) is 0.556. The quantitative estimate of drug-likeness (QED) is 0.682. The lowest BCUT2D eigenvalue weighted by Crippen LogP contribution is -2.22. The molecule has 0 saturated carbocycles. The molecule has 0 aromatic carbocycles. The molecule has 3 N–H and O–H groups in total. The van der Waals surface area contributed by atoms with E-state index in [4.69, 9.17) is 5.14 Å². The van der Waals surface area contributed by atoms with Crippen molar-refractivity contribution >= 4 is 32.5 Å². The van der Waals surface area contributed by atoms with E-state index in [-0.39, 0.29) is 24.7 Å². The summed E-state index contributed by atoms with van der Waals surface area (Å²) in [6.45, 7) is 0.211. The molecule has 0 aliphatic heterocycles. The molecule has 9 heteroatoms. The molecule has 1 rings (SSSR count). The molecule has 18 heavy (non-hydrogen) atoms. The number of esters is 1. The van der Waals surface area contributed by atoms with E-state index in [1.54, 1.807) is 0 Å². The second-order valence-corrected chi connectivity index (χ2v) is 6.11. The van der Waals surface area contributed by atoms with Crippen molar-refractivity contribution in [3.63, 3.8) is 0 Å². The Morgan fingerprint density at radius 1 is 1.61 bits per heavy atom. The lowest BCUT2D eigenvalue weighted by atomic mass is 10.2. The van der Waals surface area contributed by atoms with E-state index < -0.39 is 10.0 Å². The van der Waals surface area contributed by atoms with Crippen molar-refractivity contribution in [2.75, 3.05) is 24.7 Å². The summed E-state index contributed by atoms with van der Waals surface area (Å²) in [6.07, 6.45) is 0.775. The number of anilines is 1. The number of thiazole rings is 1. The minimum atomic E-state index is -3.46. The summed E-state index contributed by atoms with van der Waals surface area (Å²) >= 11 is 1.35. The Labute approximate surface area is 109 Å². The minimum Gasteiger partial charge on any atom is -0.469 e. The number of nitrogens with two attached hydrogens (primary N) is 1. The molecular weight excluding hydrogens is 278 g/mol. The summed E-state index contributed by atoms with van der Waals surface area (Å²) in [5.74, 6) is -0.434. The van der Waals surface area contributed by atoms with Crippen LogP contribution in [-0.4, -0.2) is 38.8 Å². The number of ether oxygens (including phenoxy) is 1. The highest BCUT2D eigenvalue weighted by atomic mass is 32.2. The molecule has 0 radical (unpaired) electrons. The normalized spacial score (nSPS) is 11.2. The van der Waals surface area contributed by atoms with Crippen LogP contribution in [0.4, 0.5) is 5.13 Å². The highest BCUT2D eigenvalue weighted by Gasteiger charge is 2.07. The van der Waals surface area contributed by atoms with E-state index in [2.05, 4.69) is 15.0 Å². The van der Waals surface area contributed by atoms with Crippen molar-refractivity contribution in [3.05, 3.63) is 11.1 Å². The maximum Gasteiger partial charge on any atom is 0.305 e. The molecular formula is C9H15N3O4S2. The highest BCUT2D eigenvalue weighted by Crippen LogP contribution is 2.16. The van der Waals surface area contributed by atoms with Crippen molar-refractivity contribution in [2.45, 2.75) is 12.8 Å². The largest absolute Gasteiger partial charge is 0.469 e. The van der Waals surface area contributed by atoms with Gasteiger partial charge >= 0.3 is 5.97 Å². The first-order valence-electron chi connectivity index (χ1n) is 5.16. The number of aromatic nitrogens is 1. The minimum absolute atomic E-state index is 0.149. The smallest absolute Gasteiger partial charge is 0.305 e. The van der Waals surface area contributed by atoms with Gasteiger partial charge in [-0.1, -0.05) is 0 Å². The van der Waals surface area contributed by atoms with Gasteiger partial charge in [0, 0.05) is 18.3 Å². The Morgan fingerprint density at radius 3 is 2.94 bits per heavy atom. The first-order valence-corrected chi connectivity index (χ1v) is 7.76. The van der Waals surface area contributed by atoms with Crippen molar-refractivity contribution in [2.24, 2.45) is 5.14 Å². The molecule has 7 nitrogen and oxygen atoms in total. The average Bonchev–Trinajstić information content (AvgIpc) is 2.72. The lowest BCUT2D eigenvalue weighted by Gasteiger charge is -2.00. The topological polar surface area (TPSA) is 111 Å². The second-order valence-electron chi connectivity index (χ2n) is 3.51. The van der Waals surface area contributed by atoms with Gasteiger partial charge in [-0.15, -0.1) is 11.3 Å². The van der Waals surface area contributed by atoms with E-state index in [9.17, 15) is 13.2 Å². The third-order valence-corrected chi connectivity index (χ3v) is 3.65. The SMILES string of the molecule is COC(=O)CCc1csc(NCCS(N)(=O)=O)n1. The van der Waals surface area contributed by atoms with E-state index in [0.29, 0.717) is 11.6 Å². The lowest BCUT2D eigenvalue weighted by molar-refractivity contribution is -0.140. The summed E-state index contributed by atoms with van der Waals surface area (Å²) < 4.78 is 25.9. The Hall–Kier alpha value is -1.19. The summed E-state index contributed by atoms with van der Waals surface area (Å²) in [7, 11) is -2.12. The molecule has 1 heterocycles. The van der Waals surface area contributed by atoms with Crippen LogP contribution >= 0.6 is 11.3 Å². The number of nitrogens with zero attached hydrogens (tertiary/aromatic N) is 1. The zero-order chi connectivity index (χ0) is 13.6. The number of nitrogens with one attached hydrogen (secondary N) is 1. The molecule has 0 unspecified atom stereocenters. The number of rotatable bonds is 7. The van der Waals surface area contributed by atoms with Crippen LogP contribution in [0.25, 0.3) is 0 Å². The molecule has 0 aliphatic carbocycles. The van der Waals surface area contributed by atoms with E-state index in [1.807, 2.05) is 5.38 Å². The number of hydrogen-bond acceptors (Lipinski definition) is 7. The van der Waals surface area contributed by atoms with Crippen molar-refractivity contribution in [1.82, 2.24) is 4.98 Å². The number of primary sulfonamides is 1. The Bertz CT molecular complexity index is 498. The van der Waals surface area contributed by atoms with Crippen LogP contribution < -0.4 is 10.5 Å². The van der Waals surface area contributed by atoms with Gasteiger partial charge in [-0.3, -0.25) is 4.79 Å². The van der Waals surface area contributed by atoms with Gasteiger partial charge in [-0.05, 0) is 0 Å². The fourth-order valence-corrected chi connectivity index (χ4v) is 2.30. The van der Waals surface area contributed by atoms with Gasteiger partial charge in [-0.2, -0.15) is 0 Å². The monoisotopic (exact) mass is 293 g/mol. The molecule has 1 aromatic heterocycles. The summed E-state index contributed by atoms with van der Waals surface area (Å²) in [5.41, 5.74) is 0.767. The number of hydrogen-bond donors (Lipinski definition) is 2. The van der Waals surface area contributed by atoms with E-state index in [1.165, 1.54) is 18.4 Å². The Kier molecular flexibility index (Phi) is 5.51. The number of aryl methyl sites for hydroxylation is 1. The van der Waals surface area contributed by atoms with Crippen molar-refractivity contribution < 1.29 is 17.9 Å². The maximum atomic E-state index is 10.9. The Morgan fingerprint density at radius 2 is 2.33 bits per heavy atom. The van der Waals surface area contributed by atoms with Crippen LogP contribution in [0.3, 0.4) is 0 Å². The van der Waals surface area contributed by atoms with Crippen molar-refractivity contribution in [1.29, 1.82) is 0 Å². The molecule has 0 spiro atoms. The average molecular weight is 293 g/mol. The van der Waals surface area contributed by atoms with E-state index in [0.717, 1.165) is 5.69 Å². The standard InChI is InChI=1S/C9H15N3O4S2/c1-16-8(13)3-2-7-6-17-9(12-7)11-4-5-18(10,14)15/h6H,2-5H2,1H3,(H,11,12)(H2,10,14,15). The van der Waals surface area contributed by atoms with Gasteiger partial charge in [0.2, 0.25) is 10.0 Å². The highest BCUT2D eigenvalue weighted by molar-refractivity contribution is 7.89. The first-order chi connectivity index (χ1) is 8.40. The van der Waals surface area contributed by atoms with Crippen molar-refractivity contribution in [3.8, 4) is 0 Å². The van der Waals surface area contributed by atoms with Crippen LogP contribution in [0.15, 0.2) is 5.38 Å². The van der Waals surface area contributed by atoms with Gasteiger partial charge in [0.25, 0.3) is 0 Å². The zero-order valence-corrected chi connectivity index (χ0v) is 11.5. The van der Waals surface area contributed by atoms with Crippen LogP contribution in [0.5, 0.6) is 0 Å². The number of methoxy groups -OCH3 is 1. The number of carbonyl (C=O) groups is 1. The molecule has 102 valence electrons. The van der Waals surface area contributed by atoms with Crippen LogP contribution in [0, 0.1) is 0 Å². The molecule has 0 saturated heterocycles. The molecule has 0 fully saturated rings. The molecule has 0 atom stereocenters. The van der Waals surface area contributed by atoms with Crippen LogP contribution in [-0.2, 0) is 26.0 Å². The van der Waals surface area contributed by atoms with Gasteiger partial charge in [-0.25, -0.2) is 18.5 Å². The van der Waals surface area contributed by atoms with Crippen LogP contribution in [0.2, 0.25) is 0 Å². The van der Waals surface area contributed by atoms with Gasteiger partial charge in [0.15, 0.2) is 5.13 Å². The van der Waals surface area contributed by atoms with E-state index >= 15 is 0 Å². The molecule has 0 bridgehead atoms. The molecule has 0 aliphatic rings. The summed E-state index contributed by atoms with van der Waals surface area (Å²) in [6, 6.07) is 0. The zero-order valence-electron chi connectivity index (χ0n) is 9.88. The first kappa shape index (κ1) is 14.9. The predicted octanol–water partition coefficient (Wildman–Crippen LogP) is -0.0509. The van der Waals surface area contributed by atoms with Gasteiger partial charge in [0.05, 0.1) is 25.0 Å². The molecule has 1 aromatic rings. The maximum absolute atomic E-state index is 10.9. The fourth-order valence-electron chi connectivity index (χ4n) is 1.14. The Balaban J connectivity index is 2.36.